The van der Waals surface area contributed by atoms with Crippen LogP contribution in [0.4, 0.5) is 0 Å². The lowest BCUT2D eigenvalue weighted by Gasteiger charge is -2.13. The SMILES string of the molecule is CCOc1cc(C=C2C(=O)c3ccccc3C2=O)ccc1OCc1ccc(C(=O)O)cc1. The first-order valence-electron chi connectivity index (χ1n) is 10.1. The summed E-state index contributed by atoms with van der Waals surface area (Å²) in [6.45, 7) is 2.49. The number of hydrogen-bond acceptors (Lipinski definition) is 5. The summed E-state index contributed by atoms with van der Waals surface area (Å²) in [7, 11) is 0. The highest BCUT2D eigenvalue weighted by molar-refractivity contribution is 6.41. The molecule has 0 spiro atoms. The highest BCUT2D eigenvalue weighted by Gasteiger charge is 2.32. The summed E-state index contributed by atoms with van der Waals surface area (Å²) in [5, 5.41) is 9.00. The number of carbonyl (C=O) groups is 3. The molecule has 0 amide bonds. The van der Waals surface area contributed by atoms with Gasteiger partial charge >= 0.3 is 5.97 Å². The van der Waals surface area contributed by atoms with Gasteiger partial charge in [-0.15, -0.1) is 0 Å². The number of aromatic carboxylic acids is 1. The molecule has 6 nitrogen and oxygen atoms in total. The van der Waals surface area contributed by atoms with Crippen LogP contribution in [0.25, 0.3) is 6.08 Å². The molecule has 3 aromatic rings. The predicted molar refractivity (Wildman–Crippen MR) is 118 cm³/mol. The van der Waals surface area contributed by atoms with Crippen LogP contribution in [0.2, 0.25) is 0 Å². The fourth-order valence-electron chi connectivity index (χ4n) is 3.48. The van der Waals surface area contributed by atoms with E-state index in [1.165, 1.54) is 12.1 Å². The molecule has 1 aliphatic rings. The third-order valence-corrected chi connectivity index (χ3v) is 5.08. The van der Waals surface area contributed by atoms with Crippen LogP contribution in [0, 0.1) is 0 Å². The number of Topliss-reactive ketones (excluding diaryl/α,β-unsaturated/α-hetero) is 2. The highest BCUT2D eigenvalue weighted by atomic mass is 16.5. The zero-order valence-electron chi connectivity index (χ0n) is 17.3. The van der Waals surface area contributed by atoms with E-state index in [0.717, 1.165) is 5.56 Å². The van der Waals surface area contributed by atoms with Crippen molar-refractivity contribution >= 4 is 23.6 Å². The van der Waals surface area contributed by atoms with Gasteiger partial charge in [-0.25, -0.2) is 4.79 Å². The van der Waals surface area contributed by atoms with E-state index in [0.29, 0.717) is 34.8 Å². The molecule has 32 heavy (non-hydrogen) atoms. The van der Waals surface area contributed by atoms with Crippen molar-refractivity contribution in [1.82, 2.24) is 0 Å². The van der Waals surface area contributed by atoms with Crippen molar-refractivity contribution in [3.8, 4) is 11.5 Å². The summed E-state index contributed by atoms with van der Waals surface area (Å²) >= 11 is 0. The number of rotatable bonds is 7. The normalized spacial score (nSPS) is 12.5. The van der Waals surface area contributed by atoms with Gasteiger partial charge in [-0.1, -0.05) is 42.5 Å². The first kappa shape index (κ1) is 21.1. The van der Waals surface area contributed by atoms with Gasteiger partial charge in [0, 0.05) is 11.1 Å². The number of hydrogen-bond donors (Lipinski definition) is 1. The van der Waals surface area contributed by atoms with Crippen molar-refractivity contribution in [3.05, 3.63) is 100 Å². The molecule has 160 valence electrons. The zero-order valence-corrected chi connectivity index (χ0v) is 17.3. The molecule has 0 saturated heterocycles. The maximum atomic E-state index is 12.6. The van der Waals surface area contributed by atoms with Gasteiger partial charge in [0.1, 0.15) is 6.61 Å². The monoisotopic (exact) mass is 428 g/mol. The van der Waals surface area contributed by atoms with Crippen molar-refractivity contribution < 1.29 is 29.0 Å². The minimum absolute atomic E-state index is 0.126. The molecule has 1 aliphatic carbocycles. The molecule has 0 aromatic heterocycles. The minimum atomic E-state index is -0.983. The molecule has 0 atom stereocenters. The van der Waals surface area contributed by atoms with Crippen molar-refractivity contribution in [2.24, 2.45) is 0 Å². The fourth-order valence-corrected chi connectivity index (χ4v) is 3.48. The molecule has 4 rings (SSSR count). The molecular weight excluding hydrogens is 408 g/mol. The van der Waals surface area contributed by atoms with Crippen molar-refractivity contribution in [3.63, 3.8) is 0 Å². The Morgan fingerprint density at radius 3 is 2.12 bits per heavy atom. The van der Waals surface area contributed by atoms with E-state index in [4.69, 9.17) is 14.6 Å². The Morgan fingerprint density at radius 1 is 0.875 bits per heavy atom. The first-order chi connectivity index (χ1) is 15.5. The van der Waals surface area contributed by atoms with Crippen molar-refractivity contribution in [2.45, 2.75) is 13.5 Å². The number of ether oxygens (including phenoxy) is 2. The van der Waals surface area contributed by atoms with E-state index in [2.05, 4.69) is 0 Å². The first-order valence-corrected chi connectivity index (χ1v) is 10.1. The van der Waals surface area contributed by atoms with E-state index in [1.54, 1.807) is 60.7 Å². The second-order valence-electron chi connectivity index (χ2n) is 7.19. The van der Waals surface area contributed by atoms with Crippen LogP contribution >= 0.6 is 0 Å². The third kappa shape index (κ3) is 4.16. The minimum Gasteiger partial charge on any atom is -0.490 e. The third-order valence-electron chi connectivity index (χ3n) is 5.08. The predicted octanol–water partition coefficient (Wildman–Crippen LogP) is 4.83. The summed E-state index contributed by atoms with van der Waals surface area (Å²) in [4.78, 5) is 36.2. The van der Waals surface area contributed by atoms with Crippen LogP contribution in [-0.2, 0) is 6.61 Å². The Balaban J connectivity index is 1.56. The van der Waals surface area contributed by atoms with Crippen molar-refractivity contribution in [1.29, 1.82) is 0 Å². The average Bonchev–Trinajstić information content (AvgIpc) is 3.04. The summed E-state index contributed by atoms with van der Waals surface area (Å²) in [6.07, 6.45) is 1.57. The summed E-state index contributed by atoms with van der Waals surface area (Å²) in [5.41, 5.74) is 2.63. The van der Waals surface area contributed by atoms with Crippen molar-refractivity contribution in [2.75, 3.05) is 6.61 Å². The van der Waals surface area contributed by atoms with E-state index >= 15 is 0 Å². The Hall–Kier alpha value is -4.19. The molecule has 0 heterocycles. The summed E-state index contributed by atoms with van der Waals surface area (Å²) < 4.78 is 11.6. The number of benzene rings is 3. The molecule has 3 aromatic carbocycles. The molecular formula is C26H20O6. The number of carboxylic acid groups (broad SMARTS) is 1. The standard InChI is InChI=1S/C26H20O6/c1-2-31-23-14-17(13-21-24(27)19-5-3-4-6-20(19)25(21)28)9-12-22(23)32-15-16-7-10-18(11-8-16)26(29)30/h3-14H,2,15H2,1H3,(H,29,30). The van der Waals surface area contributed by atoms with Crippen LogP contribution in [0.3, 0.4) is 0 Å². The fraction of sp³-hybridized carbons (Fsp3) is 0.115. The number of carbonyl (C=O) groups excluding carboxylic acids is 2. The van der Waals surface area contributed by atoms with E-state index in [-0.39, 0.29) is 29.3 Å². The van der Waals surface area contributed by atoms with Crippen LogP contribution in [0.15, 0.2) is 72.3 Å². The van der Waals surface area contributed by atoms with Gasteiger partial charge in [0.2, 0.25) is 0 Å². The number of carboxylic acids is 1. The van der Waals surface area contributed by atoms with Gasteiger partial charge in [0.25, 0.3) is 0 Å². The maximum absolute atomic E-state index is 12.6. The molecule has 6 heteroatoms. The molecule has 1 N–H and O–H groups in total. The van der Waals surface area contributed by atoms with Gasteiger partial charge in [-0.05, 0) is 48.4 Å². The number of ketones is 2. The Morgan fingerprint density at radius 2 is 1.53 bits per heavy atom. The van der Waals surface area contributed by atoms with E-state index in [1.807, 2.05) is 6.92 Å². The van der Waals surface area contributed by atoms with Gasteiger partial charge in [0.15, 0.2) is 23.1 Å². The van der Waals surface area contributed by atoms with Crippen LogP contribution < -0.4 is 9.47 Å². The molecule has 0 fully saturated rings. The quantitative estimate of drug-likeness (QED) is 0.428. The van der Waals surface area contributed by atoms with Crippen LogP contribution in [0.5, 0.6) is 11.5 Å². The van der Waals surface area contributed by atoms with Gasteiger partial charge < -0.3 is 14.6 Å². The average molecular weight is 428 g/mol. The van der Waals surface area contributed by atoms with Gasteiger partial charge in [-0.2, -0.15) is 0 Å². The van der Waals surface area contributed by atoms with E-state index in [9.17, 15) is 14.4 Å². The smallest absolute Gasteiger partial charge is 0.335 e. The topological polar surface area (TPSA) is 89.9 Å². The molecule has 0 unspecified atom stereocenters. The molecule has 0 bridgehead atoms. The number of allylic oxidation sites excluding steroid dienone is 1. The lowest BCUT2D eigenvalue weighted by atomic mass is 10.1. The Kier molecular flexibility index (Phi) is 5.85. The molecule has 0 radical (unpaired) electrons. The Labute approximate surface area is 184 Å². The summed E-state index contributed by atoms with van der Waals surface area (Å²) in [5.74, 6) is -0.561. The van der Waals surface area contributed by atoms with Gasteiger partial charge in [-0.3, -0.25) is 9.59 Å². The zero-order chi connectivity index (χ0) is 22.7. The largest absolute Gasteiger partial charge is 0.490 e. The second kappa shape index (κ2) is 8.89. The molecule has 0 saturated carbocycles. The maximum Gasteiger partial charge on any atom is 0.335 e. The lowest BCUT2D eigenvalue weighted by molar-refractivity contribution is 0.0696. The van der Waals surface area contributed by atoms with Gasteiger partial charge in [0.05, 0.1) is 17.7 Å². The van der Waals surface area contributed by atoms with E-state index < -0.39 is 5.97 Å². The van der Waals surface area contributed by atoms with Crippen LogP contribution in [0.1, 0.15) is 49.1 Å². The molecule has 0 aliphatic heterocycles. The summed E-state index contributed by atoms with van der Waals surface area (Å²) in [6, 6.07) is 18.4. The Bertz CT molecular complexity index is 1200. The van der Waals surface area contributed by atoms with Crippen LogP contribution in [-0.4, -0.2) is 29.2 Å². The number of fused-ring (bicyclic) bond motifs is 1. The highest BCUT2D eigenvalue weighted by Crippen LogP contribution is 2.32. The second-order valence-corrected chi connectivity index (χ2v) is 7.19. The lowest BCUT2D eigenvalue weighted by Crippen LogP contribution is -2.02.